The third-order valence-corrected chi connectivity index (χ3v) is 4.69. The lowest BCUT2D eigenvalue weighted by Gasteiger charge is -2.23. The Labute approximate surface area is 183 Å². The molecule has 3 N–H and O–H groups in total. The maximum atomic E-state index is 12.9. The lowest BCUT2D eigenvalue weighted by atomic mass is 10.0. The molecule has 7 heteroatoms. The fourth-order valence-corrected chi connectivity index (χ4v) is 3.12. The predicted molar refractivity (Wildman–Crippen MR) is 119 cm³/mol. The second-order valence-corrected chi connectivity index (χ2v) is 7.75. The number of rotatable bonds is 10. The van der Waals surface area contributed by atoms with Crippen molar-refractivity contribution in [2.45, 2.75) is 45.4 Å². The van der Waals surface area contributed by atoms with Gasteiger partial charge < -0.3 is 20.7 Å². The van der Waals surface area contributed by atoms with Crippen molar-refractivity contribution in [2.75, 3.05) is 7.05 Å². The van der Waals surface area contributed by atoms with E-state index in [0.717, 1.165) is 11.1 Å². The second-order valence-electron chi connectivity index (χ2n) is 7.75. The number of benzene rings is 2. The third-order valence-electron chi connectivity index (χ3n) is 4.69. The molecule has 3 amide bonds. The Kier molecular flexibility index (Phi) is 9.55. The molecule has 2 rings (SSSR count). The van der Waals surface area contributed by atoms with Crippen LogP contribution in [0.4, 0.5) is 4.79 Å². The largest absolute Gasteiger partial charge is 0.445 e. The smallest absolute Gasteiger partial charge is 0.408 e. The lowest BCUT2D eigenvalue weighted by Crippen LogP contribution is -2.54. The summed E-state index contributed by atoms with van der Waals surface area (Å²) in [6.45, 7) is 4.02. The zero-order valence-electron chi connectivity index (χ0n) is 18.3. The molecule has 0 fully saturated rings. The maximum Gasteiger partial charge on any atom is 0.408 e. The Hall–Kier alpha value is -3.35. The van der Waals surface area contributed by atoms with E-state index in [4.69, 9.17) is 4.74 Å². The Morgan fingerprint density at radius 1 is 0.806 bits per heavy atom. The molecule has 0 aromatic heterocycles. The van der Waals surface area contributed by atoms with Crippen LogP contribution < -0.4 is 16.0 Å². The van der Waals surface area contributed by atoms with E-state index in [9.17, 15) is 14.4 Å². The third kappa shape index (κ3) is 8.50. The van der Waals surface area contributed by atoms with Gasteiger partial charge in [0.05, 0.1) is 0 Å². The van der Waals surface area contributed by atoms with Crippen LogP contribution in [0, 0.1) is 5.92 Å². The molecule has 0 spiro atoms. The molecule has 166 valence electrons. The molecule has 7 nitrogen and oxygen atoms in total. The summed E-state index contributed by atoms with van der Waals surface area (Å²) in [6, 6.07) is 17.2. The molecule has 0 aliphatic heterocycles. The van der Waals surface area contributed by atoms with Gasteiger partial charge in [-0.2, -0.15) is 0 Å². The Bertz CT molecular complexity index is 840. The normalized spacial score (nSPS) is 12.5. The summed E-state index contributed by atoms with van der Waals surface area (Å²) in [5, 5.41) is 8.00. The van der Waals surface area contributed by atoms with E-state index in [-0.39, 0.29) is 18.4 Å². The average Bonchev–Trinajstić information content (AvgIpc) is 2.77. The van der Waals surface area contributed by atoms with Gasteiger partial charge in [-0.05, 0) is 23.5 Å². The summed E-state index contributed by atoms with van der Waals surface area (Å²) < 4.78 is 5.25. The first-order valence-corrected chi connectivity index (χ1v) is 10.4. The SMILES string of the molecule is CNC(=O)[C@H](Cc1ccccc1)NC(=O)[C@H](CC(C)C)NC(=O)OCc1ccccc1. The van der Waals surface area contributed by atoms with Crippen LogP contribution in [0.3, 0.4) is 0 Å². The van der Waals surface area contributed by atoms with E-state index in [0.29, 0.717) is 12.8 Å². The number of carbonyl (C=O) groups is 3. The van der Waals surface area contributed by atoms with Gasteiger partial charge in [0.2, 0.25) is 11.8 Å². The standard InChI is InChI=1S/C24H31N3O4/c1-17(2)14-20(27-24(30)31-16-19-12-8-5-9-13-19)23(29)26-21(22(28)25-3)15-18-10-6-4-7-11-18/h4-13,17,20-21H,14-16H2,1-3H3,(H,25,28)(H,26,29)(H,27,30)/t20-,21-/m0/s1. The summed E-state index contributed by atoms with van der Waals surface area (Å²) in [5.41, 5.74) is 1.78. The van der Waals surface area contributed by atoms with Gasteiger partial charge in [-0.1, -0.05) is 74.5 Å². The number of ether oxygens (including phenoxy) is 1. The van der Waals surface area contributed by atoms with Crippen molar-refractivity contribution in [1.82, 2.24) is 16.0 Å². The van der Waals surface area contributed by atoms with Crippen molar-refractivity contribution in [1.29, 1.82) is 0 Å². The summed E-state index contributed by atoms with van der Waals surface area (Å²) in [4.78, 5) is 37.6. The lowest BCUT2D eigenvalue weighted by molar-refractivity contribution is -0.129. The van der Waals surface area contributed by atoms with Crippen molar-refractivity contribution >= 4 is 17.9 Å². The molecule has 2 aromatic carbocycles. The molecule has 31 heavy (non-hydrogen) atoms. The van der Waals surface area contributed by atoms with Crippen LogP contribution in [-0.4, -0.2) is 37.0 Å². The zero-order chi connectivity index (χ0) is 22.6. The number of hydrogen-bond acceptors (Lipinski definition) is 4. The molecular formula is C24H31N3O4. The first-order chi connectivity index (χ1) is 14.9. The number of carbonyl (C=O) groups excluding carboxylic acids is 3. The zero-order valence-corrected chi connectivity index (χ0v) is 18.3. The van der Waals surface area contributed by atoms with Crippen LogP contribution in [0.2, 0.25) is 0 Å². The molecular weight excluding hydrogens is 394 g/mol. The summed E-state index contributed by atoms with van der Waals surface area (Å²) in [5.74, 6) is -0.570. The van der Waals surface area contributed by atoms with E-state index in [1.807, 2.05) is 74.5 Å². The fourth-order valence-electron chi connectivity index (χ4n) is 3.12. The van der Waals surface area contributed by atoms with Gasteiger partial charge in [0.15, 0.2) is 0 Å². The highest BCUT2D eigenvalue weighted by atomic mass is 16.5. The number of alkyl carbamates (subject to hydrolysis) is 1. The number of amides is 3. The molecule has 0 saturated heterocycles. The van der Waals surface area contributed by atoms with Crippen molar-refractivity contribution in [3.8, 4) is 0 Å². The van der Waals surface area contributed by atoms with Gasteiger partial charge in [-0.25, -0.2) is 4.79 Å². The van der Waals surface area contributed by atoms with Crippen LogP contribution in [0.25, 0.3) is 0 Å². The fraction of sp³-hybridized carbons (Fsp3) is 0.375. The van der Waals surface area contributed by atoms with Gasteiger partial charge >= 0.3 is 6.09 Å². The van der Waals surface area contributed by atoms with Crippen LogP contribution in [0.1, 0.15) is 31.4 Å². The molecule has 0 bridgehead atoms. The van der Waals surface area contributed by atoms with Crippen molar-refractivity contribution in [2.24, 2.45) is 5.92 Å². The van der Waals surface area contributed by atoms with E-state index >= 15 is 0 Å². The molecule has 0 aliphatic rings. The molecule has 2 atom stereocenters. The maximum absolute atomic E-state index is 12.9. The number of hydrogen-bond donors (Lipinski definition) is 3. The van der Waals surface area contributed by atoms with E-state index in [2.05, 4.69) is 16.0 Å². The summed E-state index contributed by atoms with van der Waals surface area (Å²) in [7, 11) is 1.53. The van der Waals surface area contributed by atoms with Crippen LogP contribution in [-0.2, 0) is 27.4 Å². The Morgan fingerprint density at radius 2 is 1.39 bits per heavy atom. The minimum atomic E-state index is -0.814. The number of nitrogens with one attached hydrogen (secondary N) is 3. The average molecular weight is 426 g/mol. The van der Waals surface area contributed by atoms with Crippen LogP contribution in [0.15, 0.2) is 60.7 Å². The van der Waals surface area contributed by atoms with Crippen molar-refractivity contribution in [3.63, 3.8) is 0 Å². The molecule has 0 saturated carbocycles. The highest BCUT2D eigenvalue weighted by Crippen LogP contribution is 2.09. The van der Waals surface area contributed by atoms with Gasteiger partial charge in [0, 0.05) is 13.5 Å². The molecule has 0 radical (unpaired) electrons. The van der Waals surface area contributed by atoms with Gasteiger partial charge in [0.25, 0.3) is 0 Å². The minimum absolute atomic E-state index is 0.109. The van der Waals surface area contributed by atoms with Crippen LogP contribution in [0.5, 0.6) is 0 Å². The first-order valence-electron chi connectivity index (χ1n) is 10.4. The van der Waals surface area contributed by atoms with Gasteiger partial charge in [0.1, 0.15) is 18.7 Å². The first kappa shape index (κ1) is 23.9. The van der Waals surface area contributed by atoms with Crippen LogP contribution >= 0.6 is 0 Å². The van der Waals surface area contributed by atoms with Gasteiger partial charge in [-0.3, -0.25) is 9.59 Å². The van der Waals surface area contributed by atoms with E-state index in [1.54, 1.807) is 0 Å². The highest BCUT2D eigenvalue weighted by Gasteiger charge is 2.27. The molecule has 0 aliphatic carbocycles. The number of likely N-dealkylation sites (N-methyl/N-ethyl adjacent to an activating group) is 1. The summed E-state index contributed by atoms with van der Waals surface area (Å²) >= 11 is 0. The predicted octanol–water partition coefficient (Wildman–Crippen LogP) is 2.80. The Morgan fingerprint density at radius 3 is 1.94 bits per heavy atom. The quantitative estimate of drug-likeness (QED) is 0.545. The van der Waals surface area contributed by atoms with E-state index in [1.165, 1.54) is 7.05 Å². The molecule has 0 unspecified atom stereocenters. The van der Waals surface area contributed by atoms with E-state index < -0.39 is 24.1 Å². The summed E-state index contributed by atoms with van der Waals surface area (Å²) in [6.07, 6.45) is 0.0844. The second kappa shape index (κ2) is 12.4. The van der Waals surface area contributed by atoms with Gasteiger partial charge in [-0.15, -0.1) is 0 Å². The van der Waals surface area contributed by atoms with Crippen molar-refractivity contribution in [3.05, 3.63) is 71.8 Å². The highest BCUT2D eigenvalue weighted by molar-refractivity contribution is 5.91. The van der Waals surface area contributed by atoms with Crippen molar-refractivity contribution < 1.29 is 19.1 Å². The molecule has 0 heterocycles. The minimum Gasteiger partial charge on any atom is -0.445 e. The monoisotopic (exact) mass is 425 g/mol. The topological polar surface area (TPSA) is 96.5 Å². The Balaban J connectivity index is 2.01. The molecule has 2 aromatic rings.